The minimum Gasteiger partial charge on any atom is -0.342 e. The molecule has 1 heterocycles. The Bertz CT molecular complexity index is 473. The standard InChI is InChI=1S/C15H20Cl2N2O/c1-2-14(12-6-5-11(16)9-13(12)17)18-10-15(20)19-7-3-4-8-19/h5-6,9,14,18H,2-4,7-8,10H2,1H3. The number of rotatable bonds is 5. The first-order chi connectivity index (χ1) is 9.61. The molecule has 3 nitrogen and oxygen atoms in total. The summed E-state index contributed by atoms with van der Waals surface area (Å²) in [5.74, 6) is 0.172. The second-order valence-electron chi connectivity index (χ2n) is 5.10. The third-order valence-electron chi connectivity index (χ3n) is 3.70. The molecule has 1 amide bonds. The molecule has 20 heavy (non-hydrogen) atoms. The second kappa shape index (κ2) is 7.30. The van der Waals surface area contributed by atoms with E-state index in [-0.39, 0.29) is 11.9 Å². The lowest BCUT2D eigenvalue weighted by molar-refractivity contribution is -0.129. The lowest BCUT2D eigenvalue weighted by Crippen LogP contribution is -2.37. The van der Waals surface area contributed by atoms with E-state index >= 15 is 0 Å². The van der Waals surface area contributed by atoms with E-state index in [4.69, 9.17) is 23.2 Å². The van der Waals surface area contributed by atoms with Crippen LogP contribution in [0.3, 0.4) is 0 Å². The van der Waals surface area contributed by atoms with Crippen molar-refractivity contribution in [1.29, 1.82) is 0 Å². The van der Waals surface area contributed by atoms with E-state index in [1.165, 1.54) is 0 Å². The van der Waals surface area contributed by atoms with E-state index in [0.29, 0.717) is 16.6 Å². The number of carbonyl (C=O) groups excluding carboxylic acids is 1. The SMILES string of the molecule is CCC(NCC(=O)N1CCCC1)c1ccc(Cl)cc1Cl. The summed E-state index contributed by atoms with van der Waals surface area (Å²) in [7, 11) is 0. The molecule has 1 N–H and O–H groups in total. The number of nitrogens with zero attached hydrogens (tertiary/aromatic N) is 1. The van der Waals surface area contributed by atoms with E-state index in [0.717, 1.165) is 37.9 Å². The van der Waals surface area contributed by atoms with Gasteiger partial charge in [-0.1, -0.05) is 36.2 Å². The number of amides is 1. The molecule has 1 atom stereocenters. The Morgan fingerprint density at radius 1 is 1.35 bits per heavy atom. The first-order valence-corrected chi connectivity index (χ1v) is 7.83. The number of hydrogen-bond donors (Lipinski definition) is 1. The van der Waals surface area contributed by atoms with Gasteiger partial charge in [0.15, 0.2) is 0 Å². The molecule has 1 unspecified atom stereocenters. The molecule has 1 aromatic carbocycles. The van der Waals surface area contributed by atoms with Gasteiger partial charge in [0.1, 0.15) is 0 Å². The van der Waals surface area contributed by atoms with Crippen molar-refractivity contribution in [1.82, 2.24) is 10.2 Å². The van der Waals surface area contributed by atoms with Gasteiger partial charge in [-0.05, 0) is 37.0 Å². The highest BCUT2D eigenvalue weighted by molar-refractivity contribution is 6.35. The van der Waals surface area contributed by atoms with Crippen molar-refractivity contribution in [3.63, 3.8) is 0 Å². The molecule has 2 rings (SSSR count). The summed E-state index contributed by atoms with van der Waals surface area (Å²) in [6.45, 7) is 4.21. The Kier molecular flexibility index (Phi) is 5.70. The maximum Gasteiger partial charge on any atom is 0.236 e. The van der Waals surface area contributed by atoms with Crippen molar-refractivity contribution in [3.8, 4) is 0 Å². The van der Waals surface area contributed by atoms with E-state index in [2.05, 4.69) is 12.2 Å². The predicted octanol–water partition coefficient (Wildman–Crippen LogP) is 3.66. The topological polar surface area (TPSA) is 32.3 Å². The molecular weight excluding hydrogens is 295 g/mol. The summed E-state index contributed by atoms with van der Waals surface area (Å²) < 4.78 is 0. The number of nitrogens with one attached hydrogen (secondary N) is 1. The summed E-state index contributed by atoms with van der Waals surface area (Å²) >= 11 is 12.1. The van der Waals surface area contributed by atoms with E-state index < -0.39 is 0 Å². The molecule has 1 fully saturated rings. The van der Waals surface area contributed by atoms with Gasteiger partial charge in [0.05, 0.1) is 6.54 Å². The summed E-state index contributed by atoms with van der Waals surface area (Å²) in [6, 6.07) is 5.57. The molecule has 1 saturated heterocycles. The smallest absolute Gasteiger partial charge is 0.236 e. The minimum absolute atomic E-state index is 0.0753. The lowest BCUT2D eigenvalue weighted by Gasteiger charge is -2.21. The number of likely N-dealkylation sites (tertiary alicyclic amines) is 1. The van der Waals surface area contributed by atoms with Crippen LogP contribution in [-0.4, -0.2) is 30.4 Å². The Morgan fingerprint density at radius 3 is 2.65 bits per heavy atom. The van der Waals surface area contributed by atoms with Gasteiger partial charge in [-0.2, -0.15) is 0 Å². The number of halogens is 2. The van der Waals surface area contributed by atoms with Crippen molar-refractivity contribution in [2.75, 3.05) is 19.6 Å². The van der Waals surface area contributed by atoms with E-state index in [1.54, 1.807) is 6.07 Å². The first-order valence-electron chi connectivity index (χ1n) is 7.08. The van der Waals surface area contributed by atoms with Crippen LogP contribution in [0.15, 0.2) is 18.2 Å². The number of benzene rings is 1. The molecule has 1 aromatic rings. The van der Waals surface area contributed by atoms with Crippen molar-refractivity contribution in [2.45, 2.75) is 32.2 Å². The molecule has 5 heteroatoms. The molecular formula is C15H20Cl2N2O. The van der Waals surface area contributed by atoms with Crippen LogP contribution in [0, 0.1) is 0 Å². The number of carbonyl (C=O) groups is 1. The zero-order valence-corrected chi connectivity index (χ0v) is 13.2. The molecule has 0 bridgehead atoms. The van der Waals surface area contributed by atoms with Gasteiger partial charge >= 0.3 is 0 Å². The summed E-state index contributed by atoms with van der Waals surface area (Å²) in [5, 5.41) is 4.57. The highest BCUT2D eigenvalue weighted by atomic mass is 35.5. The largest absolute Gasteiger partial charge is 0.342 e. The zero-order valence-electron chi connectivity index (χ0n) is 11.7. The molecule has 0 spiro atoms. The third-order valence-corrected chi connectivity index (χ3v) is 4.27. The van der Waals surface area contributed by atoms with Gasteiger partial charge in [0, 0.05) is 29.2 Å². The van der Waals surface area contributed by atoms with Gasteiger partial charge in [0.25, 0.3) is 0 Å². The van der Waals surface area contributed by atoms with E-state index in [9.17, 15) is 4.79 Å². The zero-order chi connectivity index (χ0) is 14.5. The van der Waals surface area contributed by atoms with Crippen LogP contribution >= 0.6 is 23.2 Å². The highest BCUT2D eigenvalue weighted by Crippen LogP contribution is 2.27. The Morgan fingerprint density at radius 2 is 2.05 bits per heavy atom. The van der Waals surface area contributed by atoms with Gasteiger partial charge in [-0.15, -0.1) is 0 Å². The number of hydrogen-bond acceptors (Lipinski definition) is 2. The molecule has 110 valence electrons. The Hall–Kier alpha value is -0.770. The van der Waals surface area contributed by atoms with Gasteiger partial charge in [-0.25, -0.2) is 0 Å². The highest BCUT2D eigenvalue weighted by Gasteiger charge is 2.19. The fourth-order valence-electron chi connectivity index (χ4n) is 2.55. The van der Waals surface area contributed by atoms with Crippen molar-refractivity contribution in [3.05, 3.63) is 33.8 Å². The molecule has 1 aliphatic heterocycles. The normalized spacial score (nSPS) is 16.4. The van der Waals surface area contributed by atoms with Crippen molar-refractivity contribution in [2.24, 2.45) is 0 Å². The van der Waals surface area contributed by atoms with Crippen LogP contribution in [-0.2, 0) is 4.79 Å². The van der Waals surface area contributed by atoms with Crippen LogP contribution < -0.4 is 5.32 Å². The average Bonchev–Trinajstić information content (AvgIpc) is 2.95. The quantitative estimate of drug-likeness (QED) is 0.899. The predicted molar refractivity (Wildman–Crippen MR) is 83.3 cm³/mol. The minimum atomic E-state index is 0.0753. The van der Waals surface area contributed by atoms with Crippen molar-refractivity contribution >= 4 is 29.1 Å². The Balaban J connectivity index is 1.96. The third kappa shape index (κ3) is 3.87. The molecule has 0 aliphatic carbocycles. The van der Waals surface area contributed by atoms with Gasteiger partial charge in [-0.3, -0.25) is 4.79 Å². The van der Waals surface area contributed by atoms with Crippen LogP contribution in [0.5, 0.6) is 0 Å². The first kappa shape index (κ1) is 15.6. The summed E-state index contributed by atoms with van der Waals surface area (Å²) in [5.41, 5.74) is 0.993. The maximum atomic E-state index is 12.0. The molecule has 1 aliphatic rings. The van der Waals surface area contributed by atoms with Gasteiger partial charge < -0.3 is 10.2 Å². The van der Waals surface area contributed by atoms with Crippen LogP contribution in [0.1, 0.15) is 37.8 Å². The molecule has 0 radical (unpaired) electrons. The maximum absolute atomic E-state index is 12.0. The van der Waals surface area contributed by atoms with Crippen LogP contribution in [0.4, 0.5) is 0 Å². The van der Waals surface area contributed by atoms with Crippen LogP contribution in [0.25, 0.3) is 0 Å². The summed E-state index contributed by atoms with van der Waals surface area (Å²) in [6.07, 6.45) is 3.10. The fourth-order valence-corrected chi connectivity index (χ4v) is 3.09. The molecule has 0 aromatic heterocycles. The fraction of sp³-hybridized carbons (Fsp3) is 0.533. The monoisotopic (exact) mass is 314 g/mol. The van der Waals surface area contributed by atoms with Crippen molar-refractivity contribution < 1.29 is 4.79 Å². The second-order valence-corrected chi connectivity index (χ2v) is 5.94. The van der Waals surface area contributed by atoms with E-state index in [1.807, 2.05) is 17.0 Å². The lowest BCUT2D eigenvalue weighted by atomic mass is 10.0. The summed E-state index contributed by atoms with van der Waals surface area (Å²) in [4.78, 5) is 14.0. The molecule has 0 saturated carbocycles. The average molecular weight is 315 g/mol. The Labute approximate surface area is 130 Å². The van der Waals surface area contributed by atoms with Crippen LogP contribution in [0.2, 0.25) is 10.0 Å². The van der Waals surface area contributed by atoms with Gasteiger partial charge in [0.2, 0.25) is 5.91 Å².